The molecular weight excluding hydrogens is 350 g/mol. The topological polar surface area (TPSA) is 76.7 Å². The lowest BCUT2D eigenvalue weighted by Gasteiger charge is -2.14. The molecule has 0 saturated carbocycles. The summed E-state index contributed by atoms with van der Waals surface area (Å²) in [6.45, 7) is 4.49. The highest BCUT2D eigenvalue weighted by Gasteiger charge is 2.21. The molecule has 1 aromatic carbocycles. The van der Waals surface area contributed by atoms with Crippen LogP contribution >= 0.6 is 22.9 Å². The van der Waals surface area contributed by atoms with Gasteiger partial charge >= 0.3 is 0 Å². The Morgan fingerprint density at radius 1 is 1.33 bits per heavy atom. The summed E-state index contributed by atoms with van der Waals surface area (Å²) in [5, 5.41) is 13.9. The summed E-state index contributed by atoms with van der Waals surface area (Å²) in [4.78, 5) is 25.0. The summed E-state index contributed by atoms with van der Waals surface area (Å²) in [7, 11) is 1.89. The van der Waals surface area contributed by atoms with Gasteiger partial charge in [0.15, 0.2) is 6.54 Å². The van der Waals surface area contributed by atoms with Gasteiger partial charge in [-0.1, -0.05) is 17.7 Å². The van der Waals surface area contributed by atoms with Crippen LogP contribution in [0.25, 0.3) is 0 Å². The number of aryl methyl sites for hydroxylation is 1. The predicted molar refractivity (Wildman–Crippen MR) is 96.0 cm³/mol. The van der Waals surface area contributed by atoms with Crippen LogP contribution in [-0.2, 0) is 11.3 Å². The fourth-order valence-corrected chi connectivity index (χ4v) is 3.58. The van der Waals surface area contributed by atoms with Crippen molar-refractivity contribution in [3.05, 3.63) is 54.7 Å². The first kappa shape index (κ1) is 18.4. The van der Waals surface area contributed by atoms with Crippen molar-refractivity contribution in [3.63, 3.8) is 0 Å². The van der Waals surface area contributed by atoms with E-state index in [9.17, 15) is 14.9 Å². The van der Waals surface area contributed by atoms with Gasteiger partial charge in [-0.15, -0.1) is 11.3 Å². The second kappa shape index (κ2) is 7.74. The summed E-state index contributed by atoms with van der Waals surface area (Å²) in [6.07, 6.45) is 0. The normalized spacial score (nSPS) is 12.0. The lowest BCUT2D eigenvalue weighted by Crippen LogP contribution is -3.08. The Kier molecular flexibility index (Phi) is 5.93. The number of thiophene rings is 1. The SMILES string of the molecule is Cc1ccc([N+](=O)[O-])c(NC(=O)C[NH+](C)Cc2ccc(Cl)s2)c1C. The van der Waals surface area contributed by atoms with Gasteiger partial charge in [0.1, 0.15) is 12.2 Å². The third-order valence-corrected chi connectivity index (χ3v) is 4.97. The number of likely N-dealkylation sites (N-methyl/N-ethyl adjacent to an activating group) is 1. The van der Waals surface area contributed by atoms with Crippen molar-refractivity contribution in [1.29, 1.82) is 0 Å². The smallest absolute Gasteiger partial charge is 0.293 e. The van der Waals surface area contributed by atoms with Crippen molar-refractivity contribution >= 4 is 40.2 Å². The average molecular weight is 369 g/mol. The highest BCUT2D eigenvalue weighted by molar-refractivity contribution is 7.16. The summed E-state index contributed by atoms with van der Waals surface area (Å²) in [5.74, 6) is -0.257. The van der Waals surface area contributed by atoms with Crippen LogP contribution in [0.2, 0.25) is 4.34 Å². The van der Waals surface area contributed by atoms with E-state index in [-0.39, 0.29) is 23.8 Å². The molecule has 2 rings (SSSR count). The standard InChI is InChI=1S/C16H18ClN3O3S/c1-10-4-6-13(20(22)23)16(11(10)2)18-15(21)9-19(3)8-12-5-7-14(17)24-12/h4-7H,8-9H2,1-3H3,(H,18,21)/p+1. The molecule has 1 unspecified atom stereocenters. The second-order valence-electron chi connectivity index (χ2n) is 5.72. The molecule has 1 heterocycles. The Morgan fingerprint density at radius 3 is 2.62 bits per heavy atom. The summed E-state index contributed by atoms with van der Waals surface area (Å²) in [6, 6.07) is 6.86. The zero-order valence-electron chi connectivity index (χ0n) is 13.7. The number of nitrogens with zero attached hydrogens (tertiary/aromatic N) is 1. The van der Waals surface area contributed by atoms with Crippen LogP contribution in [0.3, 0.4) is 0 Å². The summed E-state index contributed by atoms with van der Waals surface area (Å²) in [5.41, 5.74) is 1.79. The Balaban J connectivity index is 2.06. The number of rotatable bonds is 6. The Morgan fingerprint density at radius 2 is 2.04 bits per heavy atom. The number of benzene rings is 1. The first-order valence-electron chi connectivity index (χ1n) is 7.38. The van der Waals surface area contributed by atoms with Gasteiger partial charge in [0, 0.05) is 6.07 Å². The van der Waals surface area contributed by atoms with E-state index in [0.717, 1.165) is 15.3 Å². The van der Waals surface area contributed by atoms with Gasteiger partial charge in [0.2, 0.25) is 0 Å². The number of nitro groups is 1. The lowest BCUT2D eigenvalue weighted by atomic mass is 10.1. The highest BCUT2D eigenvalue weighted by Crippen LogP contribution is 2.30. The molecule has 0 saturated heterocycles. The maximum absolute atomic E-state index is 12.3. The van der Waals surface area contributed by atoms with E-state index >= 15 is 0 Å². The van der Waals surface area contributed by atoms with Gasteiger partial charge in [-0.05, 0) is 37.1 Å². The number of halogens is 1. The number of carbonyl (C=O) groups excluding carboxylic acids is 1. The summed E-state index contributed by atoms with van der Waals surface area (Å²) < 4.78 is 0.716. The number of hydrogen-bond acceptors (Lipinski definition) is 4. The fourth-order valence-electron chi connectivity index (χ4n) is 2.38. The van der Waals surface area contributed by atoms with Crippen LogP contribution in [0.5, 0.6) is 0 Å². The van der Waals surface area contributed by atoms with Crippen LogP contribution in [-0.4, -0.2) is 24.4 Å². The summed E-state index contributed by atoms with van der Waals surface area (Å²) >= 11 is 7.38. The molecule has 2 aromatic rings. The van der Waals surface area contributed by atoms with Crippen LogP contribution in [0, 0.1) is 24.0 Å². The van der Waals surface area contributed by atoms with E-state index in [1.54, 1.807) is 13.0 Å². The van der Waals surface area contributed by atoms with Crippen LogP contribution < -0.4 is 10.2 Å². The van der Waals surface area contributed by atoms with E-state index in [1.807, 2.05) is 26.1 Å². The number of amides is 1. The molecule has 0 fully saturated rings. The van der Waals surface area contributed by atoms with Gasteiger partial charge in [0.25, 0.3) is 11.6 Å². The molecule has 8 heteroatoms. The molecule has 6 nitrogen and oxygen atoms in total. The number of nitro benzene ring substituents is 1. The van der Waals surface area contributed by atoms with E-state index in [0.29, 0.717) is 16.4 Å². The molecular formula is C16H19ClN3O3S+. The van der Waals surface area contributed by atoms with E-state index < -0.39 is 4.92 Å². The zero-order chi connectivity index (χ0) is 17.9. The maximum Gasteiger partial charge on any atom is 0.293 e. The second-order valence-corrected chi connectivity index (χ2v) is 7.52. The first-order valence-corrected chi connectivity index (χ1v) is 8.57. The molecule has 0 bridgehead atoms. The third kappa shape index (κ3) is 4.53. The van der Waals surface area contributed by atoms with Crippen molar-refractivity contribution in [2.75, 3.05) is 18.9 Å². The number of carbonyl (C=O) groups is 1. The molecule has 2 N–H and O–H groups in total. The molecule has 0 aliphatic rings. The molecule has 0 spiro atoms. The van der Waals surface area contributed by atoms with Gasteiger partial charge in [-0.25, -0.2) is 0 Å². The van der Waals surface area contributed by atoms with Crippen LogP contribution in [0.4, 0.5) is 11.4 Å². The fraction of sp³-hybridized carbons (Fsp3) is 0.312. The molecule has 0 aliphatic heterocycles. The minimum Gasteiger partial charge on any atom is -0.325 e. The Hall–Kier alpha value is -1.96. The van der Waals surface area contributed by atoms with Crippen LogP contribution in [0.15, 0.2) is 24.3 Å². The molecule has 0 aliphatic carbocycles. The van der Waals surface area contributed by atoms with Gasteiger partial charge in [-0.3, -0.25) is 14.9 Å². The molecule has 1 amide bonds. The maximum atomic E-state index is 12.3. The number of hydrogen-bond donors (Lipinski definition) is 2. The van der Waals surface area contributed by atoms with E-state index in [4.69, 9.17) is 11.6 Å². The van der Waals surface area contributed by atoms with E-state index in [2.05, 4.69) is 5.32 Å². The number of quaternary nitrogens is 1. The molecule has 1 atom stereocenters. The zero-order valence-corrected chi connectivity index (χ0v) is 15.3. The van der Waals surface area contributed by atoms with Gasteiger partial charge in [0.05, 0.1) is 21.2 Å². The minimum atomic E-state index is -0.480. The Labute approximate surface area is 149 Å². The van der Waals surface area contributed by atoms with Crippen LogP contribution in [0.1, 0.15) is 16.0 Å². The van der Waals surface area contributed by atoms with Gasteiger partial charge < -0.3 is 10.2 Å². The Bertz CT molecular complexity index is 776. The van der Waals surface area contributed by atoms with Crippen molar-refractivity contribution in [1.82, 2.24) is 0 Å². The third-order valence-electron chi connectivity index (χ3n) is 3.74. The molecule has 24 heavy (non-hydrogen) atoms. The molecule has 1 aromatic heterocycles. The largest absolute Gasteiger partial charge is 0.325 e. The monoisotopic (exact) mass is 368 g/mol. The average Bonchev–Trinajstić information content (AvgIpc) is 2.88. The minimum absolute atomic E-state index is 0.0888. The van der Waals surface area contributed by atoms with Crippen molar-refractivity contribution in [3.8, 4) is 0 Å². The number of nitrogens with one attached hydrogen (secondary N) is 2. The first-order chi connectivity index (χ1) is 11.3. The van der Waals surface area contributed by atoms with Crippen molar-refractivity contribution < 1.29 is 14.6 Å². The van der Waals surface area contributed by atoms with E-state index in [1.165, 1.54) is 17.4 Å². The molecule has 128 valence electrons. The lowest BCUT2D eigenvalue weighted by molar-refractivity contribution is -0.884. The van der Waals surface area contributed by atoms with Gasteiger partial charge in [-0.2, -0.15) is 0 Å². The highest BCUT2D eigenvalue weighted by atomic mass is 35.5. The number of anilines is 1. The van der Waals surface area contributed by atoms with Crippen molar-refractivity contribution in [2.45, 2.75) is 20.4 Å². The predicted octanol–water partition coefficient (Wildman–Crippen LogP) is 2.58. The molecule has 0 radical (unpaired) electrons. The quantitative estimate of drug-likeness (QED) is 0.607. The van der Waals surface area contributed by atoms with Crippen molar-refractivity contribution in [2.24, 2.45) is 0 Å².